The van der Waals surface area contributed by atoms with Gasteiger partial charge in [0.05, 0.1) is 24.8 Å². The molecule has 1 aliphatic rings. The maximum absolute atomic E-state index is 14.7. The van der Waals surface area contributed by atoms with Gasteiger partial charge in [-0.2, -0.15) is 0 Å². The molecule has 1 aliphatic carbocycles. The van der Waals surface area contributed by atoms with E-state index in [1.165, 1.54) is 11.1 Å². The molecule has 0 aromatic heterocycles. The van der Waals surface area contributed by atoms with Crippen LogP contribution in [0.2, 0.25) is 0 Å². The van der Waals surface area contributed by atoms with E-state index in [9.17, 15) is 4.57 Å². The maximum atomic E-state index is 14.7. The topological polar surface area (TPSA) is 35.5 Å². The molecule has 0 saturated heterocycles. The van der Waals surface area contributed by atoms with Crippen molar-refractivity contribution in [3.63, 3.8) is 0 Å². The number of ether oxygens (including phenoxy) is 2. The first kappa shape index (κ1) is 16.9. The fourth-order valence-corrected chi connectivity index (χ4v) is 6.64. The second-order valence-corrected chi connectivity index (χ2v) is 9.07. The summed E-state index contributed by atoms with van der Waals surface area (Å²) in [4.78, 5) is 0. The Morgan fingerprint density at radius 1 is 0.769 bits per heavy atom. The maximum Gasteiger partial charge on any atom is 0.178 e. The van der Waals surface area contributed by atoms with Gasteiger partial charge in [-0.1, -0.05) is 48.5 Å². The van der Waals surface area contributed by atoms with Gasteiger partial charge in [-0.15, -0.1) is 0 Å². The van der Waals surface area contributed by atoms with Gasteiger partial charge in [0.15, 0.2) is 7.14 Å². The predicted molar refractivity (Wildman–Crippen MR) is 106 cm³/mol. The van der Waals surface area contributed by atoms with Crippen molar-refractivity contribution in [2.45, 2.75) is 12.8 Å². The minimum atomic E-state index is -3.15. The SMILES string of the molecule is COc1ccccc1P(=O)(c1ccccc1)c1ccc2c(c1OC)CC2. The Balaban J connectivity index is 2.06. The molecule has 0 N–H and O–H groups in total. The van der Waals surface area contributed by atoms with Crippen LogP contribution in [0.15, 0.2) is 66.7 Å². The van der Waals surface area contributed by atoms with Crippen molar-refractivity contribution < 1.29 is 14.0 Å². The van der Waals surface area contributed by atoms with Crippen molar-refractivity contribution >= 4 is 23.1 Å². The van der Waals surface area contributed by atoms with E-state index in [2.05, 4.69) is 6.07 Å². The number of fused-ring (bicyclic) bond motifs is 1. The van der Waals surface area contributed by atoms with Crippen LogP contribution in [0, 0.1) is 0 Å². The molecule has 0 bridgehead atoms. The minimum absolute atomic E-state index is 0.629. The van der Waals surface area contributed by atoms with Gasteiger partial charge >= 0.3 is 0 Å². The highest BCUT2D eigenvalue weighted by Gasteiger charge is 2.37. The van der Waals surface area contributed by atoms with Gasteiger partial charge in [0.1, 0.15) is 11.5 Å². The molecule has 3 aromatic carbocycles. The number of methoxy groups -OCH3 is 2. The summed E-state index contributed by atoms with van der Waals surface area (Å²) in [7, 11) is 0.128. The van der Waals surface area contributed by atoms with E-state index < -0.39 is 7.14 Å². The number of rotatable bonds is 5. The molecule has 0 heterocycles. The molecule has 0 radical (unpaired) electrons. The quantitative estimate of drug-likeness (QED) is 0.651. The number of hydrogen-bond donors (Lipinski definition) is 0. The van der Waals surface area contributed by atoms with Crippen LogP contribution in [0.25, 0.3) is 0 Å². The average molecular weight is 364 g/mol. The molecular formula is C22H21O3P. The molecule has 3 aromatic rings. The highest BCUT2D eigenvalue weighted by atomic mass is 31.2. The fraction of sp³-hybridized carbons (Fsp3) is 0.182. The molecule has 0 aliphatic heterocycles. The third kappa shape index (κ3) is 2.47. The van der Waals surface area contributed by atoms with Crippen LogP contribution in [0.1, 0.15) is 11.1 Å². The van der Waals surface area contributed by atoms with Crippen LogP contribution in [0.3, 0.4) is 0 Å². The molecule has 0 amide bonds. The van der Waals surface area contributed by atoms with Crippen molar-refractivity contribution in [1.82, 2.24) is 0 Å². The number of benzene rings is 3. The summed E-state index contributed by atoms with van der Waals surface area (Å²) in [5, 5.41) is 2.22. The van der Waals surface area contributed by atoms with Crippen molar-refractivity contribution in [1.29, 1.82) is 0 Å². The summed E-state index contributed by atoms with van der Waals surface area (Å²) in [6.07, 6.45) is 2.02. The van der Waals surface area contributed by atoms with E-state index in [1.807, 2.05) is 60.7 Å². The van der Waals surface area contributed by atoms with Crippen molar-refractivity contribution in [3.8, 4) is 11.5 Å². The number of aryl methyl sites for hydroxylation is 1. The third-order valence-electron chi connectivity index (χ3n) is 5.07. The lowest BCUT2D eigenvalue weighted by molar-refractivity contribution is 0.408. The zero-order valence-corrected chi connectivity index (χ0v) is 15.8. The summed E-state index contributed by atoms with van der Waals surface area (Å²) in [6.45, 7) is 0. The molecule has 1 unspecified atom stereocenters. The molecule has 132 valence electrons. The van der Waals surface area contributed by atoms with Crippen LogP contribution in [0.4, 0.5) is 0 Å². The number of para-hydroxylation sites is 1. The van der Waals surface area contributed by atoms with Crippen LogP contribution in [-0.2, 0) is 17.4 Å². The molecular weight excluding hydrogens is 343 g/mol. The molecule has 4 rings (SSSR count). The van der Waals surface area contributed by atoms with Crippen LogP contribution in [0.5, 0.6) is 11.5 Å². The van der Waals surface area contributed by atoms with E-state index in [4.69, 9.17) is 9.47 Å². The van der Waals surface area contributed by atoms with Crippen molar-refractivity contribution in [3.05, 3.63) is 77.9 Å². The largest absolute Gasteiger partial charge is 0.496 e. The van der Waals surface area contributed by atoms with E-state index in [0.717, 1.165) is 29.2 Å². The molecule has 3 nitrogen and oxygen atoms in total. The van der Waals surface area contributed by atoms with Crippen LogP contribution in [-0.4, -0.2) is 14.2 Å². The van der Waals surface area contributed by atoms with Crippen LogP contribution >= 0.6 is 7.14 Å². The summed E-state index contributed by atoms with van der Waals surface area (Å²) >= 11 is 0. The smallest absolute Gasteiger partial charge is 0.178 e. The van der Waals surface area contributed by atoms with E-state index in [1.54, 1.807) is 14.2 Å². The first-order valence-electron chi connectivity index (χ1n) is 8.68. The minimum Gasteiger partial charge on any atom is -0.496 e. The van der Waals surface area contributed by atoms with Gasteiger partial charge in [0.2, 0.25) is 0 Å². The third-order valence-corrected chi connectivity index (χ3v) is 8.17. The summed E-state index contributed by atoms with van der Waals surface area (Å²) in [6, 6.07) is 21.2. The van der Waals surface area contributed by atoms with E-state index in [0.29, 0.717) is 11.1 Å². The Hall–Kier alpha value is -2.51. The Morgan fingerprint density at radius 3 is 2.15 bits per heavy atom. The highest BCUT2D eigenvalue weighted by Crippen LogP contribution is 2.49. The lowest BCUT2D eigenvalue weighted by Crippen LogP contribution is -2.29. The summed E-state index contributed by atoms with van der Waals surface area (Å²) < 4.78 is 26.0. The highest BCUT2D eigenvalue weighted by molar-refractivity contribution is 7.85. The molecule has 26 heavy (non-hydrogen) atoms. The number of hydrogen-bond acceptors (Lipinski definition) is 3. The summed E-state index contributed by atoms with van der Waals surface area (Å²) in [5.74, 6) is 1.39. The lowest BCUT2D eigenvalue weighted by atomic mass is 9.88. The monoisotopic (exact) mass is 364 g/mol. The average Bonchev–Trinajstić information content (AvgIpc) is 2.68. The van der Waals surface area contributed by atoms with E-state index in [-0.39, 0.29) is 0 Å². The first-order valence-corrected chi connectivity index (χ1v) is 10.4. The van der Waals surface area contributed by atoms with Gasteiger partial charge in [-0.25, -0.2) is 0 Å². The Labute approximate surface area is 154 Å². The Kier molecular flexibility index (Phi) is 4.34. The first-order chi connectivity index (χ1) is 12.7. The molecule has 4 heteroatoms. The van der Waals surface area contributed by atoms with E-state index >= 15 is 0 Å². The van der Waals surface area contributed by atoms with Gasteiger partial charge in [0, 0.05) is 5.30 Å². The van der Waals surface area contributed by atoms with Crippen LogP contribution < -0.4 is 25.4 Å². The van der Waals surface area contributed by atoms with Gasteiger partial charge in [-0.3, -0.25) is 0 Å². The predicted octanol–water partition coefficient (Wildman–Crippen LogP) is 3.44. The van der Waals surface area contributed by atoms with Crippen molar-refractivity contribution in [2.75, 3.05) is 14.2 Å². The van der Waals surface area contributed by atoms with Gasteiger partial charge in [0.25, 0.3) is 0 Å². The van der Waals surface area contributed by atoms with Gasteiger partial charge in [-0.05, 0) is 42.2 Å². The Morgan fingerprint density at radius 2 is 1.50 bits per heavy atom. The molecule has 0 saturated carbocycles. The Bertz CT molecular complexity index is 996. The lowest BCUT2D eigenvalue weighted by Gasteiger charge is -2.28. The van der Waals surface area contributed by atoms with Gasteiger partial charge < -0.3 is 14.0 Å². The second kappa shape index (κ2) is 6.66. The second-order valence-electron chi connectivity index (χ2n) is 6.37. The zero-order valence-electron chi connectivity index (χ0n) is 14.9. The standard InChI is InChI=1S/C22H21O3P/c1-24-19-10-6-7-11-20(19)26(23,17-8-4-3-5-9-17)21-15-13-16-12-14-18(16)22(21)25-2/h3-11,13,15H,12,14H2,1-2H3. The molecule has 1 atom stereocenters. The molecule has 0 fully saturated rings. The summed E-state index contributed by atoms with van der Waals surface area (Å²) in [5.41, 5.74) is 2.46. The zero-order chi connectivity index (χ0) is 18.1. The molecule has 0 spiro atoms. The normalized spacial score (nSPS) is 14.7. The van der Waals surface area contributed by atoms with Crippen molar-refractivity contribution in [2.24, 2.45) is 0 Å². The fourth-order valence-electron chi connectivity index (χ4n) is 3.66.